The molecule has 2 aromatic rings. The highest BCUT2D eigenvalue weighted by Crippen LogP contribution is 2.39. The lowest BCUT2D eigenvalue weighted by Crippen LogP contribution is -2.26. The number of nitrogens with zero attached hydrogens (tertiary/aromatic N) is 2. The highest BCUT2D eigenvalue weighted by molar-refractivity contribution is 7.12. The fourth-order valence-corrected chi connectivity index (χ4v) is 5.19. The van der Waals surface area contributed by atoms with Gasteiger partial charge in [-0.2, -0.15) is 0 Å². The second kappa shape index (κ2) is 6.38. The summed E-state index contributed by atoms with van der Waals surface area (Å²) < 4.78 is 0. The molecule has 0 fully saturated rings. The van der Waals surface area contributed by atoms with Crippen LogP contribution < -0.4 is 5.73 Å². The van der Waals surface area contributed by atoms with Gasteiger partial charge in [-0.25, -0.2) is 9.97 Å². The smallest absolute Gasteiger partial charge is 0.0999 e. The van der Waals surface area contributed by atoms with E-state index >= 15 is 0 Å². The van der Waals surface area contributed by atoms with E-state index in [9.17, 15) is 0 Å². The van der Waals surface area contributed by atoms with Crippen molar-refractivity contribution in [3.8, 4) is 0 Å². The van der Waals surface area contributed by atoms with E-state index in [0.717, 1.165) is 30.9 Å². The van der Waals surface area contributed by atoms with Crippen molar-refractivity contribution in [2.45, 2.75) is 52.9 Å². The van der Waals surface area contributed by atoms with Crippen LogP contribution in [0.25, 0.3) is 0 Å². The highest BCUT2D eigenvalue weighted by atomic mass is 32.1. The lowest BCUT2D eigenvalue weighted by Gasteiger charge is -2.33. The minimum absolute atomic E-state index is 0.397. The fourth-order valence-electron chi connectivity index (χ4n) is 3.07. The van der Waals surface area contributed by atoms with Crippen molar-refractivity contribution in [1.82, 2.24) is 9.97 Å². The molecule has 3 nitrogen and oxygen atoms in total. The van der Waals surface area contributed by atoms with Crippen molar-refractivity contribution < 1.29 is 0 Å². The van der Waals surface area contributed by atoms with E-state index in [4.69, 9.17) is 10.7 Å². The Morgan fingerprint density at radius 3 is 2.82 bits per heavy atom. The maximum Gasteiger partial charge on any atom is 0.0999 e. The average molecular weight is 336 g/mol. The second-order valence-electron chi connectivity index (χ2n) is 7.23. The predicted octanol–water partition coefficient (Wildman–Crippen LogP) is 3.84. The standard InChI is InChI=1S/C17H25N3S2/c1-17(2,3)11-4-5-13-14(8-11)22-16(20-13)9-15-19-12(6-7-18)10-21-15/h10-11H,4-9,18H2,1-3H3. The summed E-state index contributed by atoms with van der Waals surface area (Å²) in [6.45, 7) is 7.75. The maximum atomic E-state index is 5.59. The van der Waals surface area contributed by atoms with E-state index in [-0.39, 0.29) is 0 Å². The van der Waals surface area contributed by atoms with Crippen molar-refractivity contribution in [3.63, 3.8) is 0 Å². The van der Waals surface area contributed by atoms with Crippen LogP contribution in [0, 0.1) is 11.3 Å². The second-order valence-corrected chi connectivity index (χ2v) is 9.34. The molecule has 120 valence electrons. The zero-order chi connectivity index (χ0) is 15.7. The zero-order valence-corrected chi connectivity index (χ0v) is 15.3. The van der Waals surface area contributed by atoms with Gasteiger partial charge in [-0.15, -0.1) is 22.7 Å². The molecule has 1 aliphatic carbocycles. The van der Waals surface area contributed by atoms with Gasteiger partial charge in [0.15, 0.2) is 0 Å². The van der Waals surface area contributed by atoms with Gasteiger partial charge in [-0.1, -0.05) is 20.8 Å². The molecule has 2 heterocycles. The third-order valence-electron chi connectivity index (χ3n) is 4.51. The molecule has 0 spiro atoms. The first-order valence-corrected chi connectivity index (χ1v) is 9.76. The Morgan fingerprint density at radius 2 is 2.09 bits per heavy atom. The molecule has 0 amide bonds. The normalized spacial score (nSPS) is 18.5. The monoisotopic (exact) mass is 335 g/mol. The molecule has 1 aliphatic rings. The highest BCUT2D eigenvalue weighted by Gasteiger charge is 2.30. The first-order chi connectivity index (χ1) is 10.5. The number of aromatic nitrogens is 2. The van der Waals surface area contributed by atoms with Crippen LogP contribution in [0.15, 0.2) is 5.38 Å². The summed E-state index contributed by atoms with van der Waals surface area (Å²) in [6, 6.07) is 0. The van der Waals surface area contributed by atoms with Crippen molar-refractivity contribution in [2.75, 3.05) is 6.54 Å². The molecule has 0 radical (unpaired) electrons. The zero-order valence-electron chi connectivity index (χ0n) is 13.7. The summed E-state index contributed by atoms with van der Waals surface area (Å²) in [5, 5.41) is 4.53. The Hall–Kier alpha value is -0.780. The van der Waals surface area contributed by atoms with Crippen LogP contribution in [0.2, 0.25) is 0 Å². The SMILES string of the molecule is CC(C)(C)C1CCc2nc(Cc3nc(CCN)cs3)sc2C1. The molecule has 1 atom stereocenters. The molecule has 3 rings (SSSR count). The molecule has 0 aromatic carbocycles. The number of hydrogen-bond donors (Lipinski definition) is 1. The van der Waals surface area contributed by atoms with Gasteiger partial charge < -0.3 is 5.73 Å². The maximum absolute atomic E-state index is 5.59. The molecule has 5 heteroatoms. The molecule has 1 unspecified atom stereocenters. The molecule has 0 aliphatic heterocycles. The van der Waals surface area contributed by atoms with Crippen molar-refractivity contribution in [3.05, 3.63) is 31.7 Å². The van der Waals surface area contributed by atoms with Gasteiger partial charge in [-0.3, -0.25) is 0 Å². The number of fused-ring (bicyclic) bond motifs is 1. The quantitative estimate of drug-likeness (QED) is 0.923. The van der Waals surface area contributed by atoms with Gasteiger partial charge in [0.1, 0.15) is 0 Å². The number of nitrogens with two attached hydrogens (primary N) is 1. The minimum atomic E-state index is 0.397. The number of hydrogen-bond acceptors (Lipinski definition) is 5. The molecule has 0 saturated carbocycles. The van der Waals surface area contributed by atoms with Crippen LogP contribution in [0.3, 0.4) is 0 Å². The lowest BCUT2D eigenvalue weighted by molar-refractivity contribution is 0.217. The van der Waals surface area contributed by atoms with E-state index < -0.39 is 0 Å². The van der Waals surface area contributed by atoms with Gasteiger partial charge in [-0.05, 0) is 37.1 Å². The van der Waals surface area contributed by atoms with Gasteiger partial charge in [0.05, 0.1) is 27.8 Å². The van der Waals surface area contributed by atoms with Gasteiger partial charge in [0.2, 0.25) is 0 Å². The molecule has 2 aromatic heterocycles. The summed E-state index contributed by atoms with van der Waals surface area (Å²) in [7, 11) is 0. The van der Waals surface area contributed by atoms with Crippen molar-refractivity contribution in [1.29, 1.82) is 0 Å². The van der Waals surface area contributed by atoms with E-state index in [1.54, 1.807) is 11.3 Å². The Labute approximate surface area is 141 Å². The molecular weight excluding hydrogens is 310 g/mol. The Morgan fingerprint density at radius 1 is 1.27 bits per heavy atom. The van der Waals surface area contributed by atoms with Crippen LogP contribution in [0.5, 0.6) is 0 Å². The molecule has 0 bridgehead atoms. The molecular formula is C17H25N3S2. The Balaban J connectivity index is 1.71. The topological polar surface area (TPSA) is 51.8 Å². The fraction of sp³-hybridized carbons (Fsp3) is 0.647. The van der Waals surface area contributed by atoms with Gasteiger partial charge in [0, 0.05) is 16.7 Å². The largest absolute Gasteiger partial charge is 0.330 e. The van der Waals surface area contributed by atoms with Crippen LogP contribution in [0.4, 0.5) is 0 Å². The number of aryl methyl sites for hydroxylation is 1. The van der Waals surface area contributed by atoms with Crippen molar-refractivity contribution in [2.24, 2.45) is 17.1 Å². The Kier molecular flexibility index (Phi) is 4.67. The Bertz CT molecular complexity index is 637. The third-order valence-corrected chi connectivity index (χ3v) is 6.53. The van der Waals surface area contributed by atoms with E-state index in [1.165, 1.54) is 33.4 Å². The van der Waals surface area contributed by atoms with Crippen LogP contribution >= 0.6 is 22.7 Å². The minimum Gasteiger partial charge on any atom is -0.330 e. The van der Waals surface area contributed by atoms with Crippen LogP contribution in [0.1, 0.15) is 53.5 Å². The first-order valence-electron chi connectivity index (χ1n) is 8.06. The van der Waals surface area contributed by atoms with Gasteiger partial charge >= 0.3 is 0 Å². The molecule has 2 N–H and O–H groups in total. The third kappa shape index (κ3) is 3.58. The molecule has 22 heavy (non-hydrogen) atoms. The van der Waals surface area contributed by atoms with E-state index in [2.05, 4.69) is 31.1 Å². The van der Waals surface area contributed by atoms with Gasteiger partial charge in [0.25, 0.3) is 0 Å². The first kappa shape index (κ1) is 16.1. The summed E-state index contributed by atoms with van der Waals surface area (Å²) in [6.07, 6.45) is 5.37. The van der Waals surface area contributed by atoms with Crippen molar-refractivity contribution >= 4 is 22.7 Å². The van der Waals surface area contributed by atoms with Crippen LogP contribution in [-0.2, 0) is 25.7 Å². The number of rotatable bonds is 4. The summed E-state index contributed by atoms with van der Waals surface area (Å²) in [5.74, 6) is 0.782. The van der Waals surface area contributed by atoms with Crippen LogP contribution in [-0.4, -0.2) is 16.5 Å². The molecule has 0 saturated heterocycles. The summed E-state index contributed by atoms with van der Waals surface area (Å²) >= 11 is 3.64. The van der Waals surface area contributed by atoms with E-state index in [0.29, 0.717) is 12.0 Å². The predicted molar refractivity (Wildman–Crippen MR) is 94.8 cm³/mol. The number of thiazole rings is 2. The lowest BCUT2D eigenvalue weighted by atomic mass is 9.73. The average Bonchev–Trinajstić information content (AvgIpc) is 3.03. The summed E-state index contributed by atoms with van der Waals surface area (Å²) in [5.41, 5.74) is 8.46. The summed E-state index contributed by atoms with van der Waals surface area (Å²) in [4.78, 5) is 11.1. The van der Waals surface area contributed by atoms with E-state index in [1.807, 2.05) is 11.3 Å².